The lowest BCUT2D eigenvalue weighted by Crippen LogP contribution is -2.43. The molecule has 0 saturated carbocycles. The highest BCUT2D eigenvalue weighted by Gasteiger charge is 2.35. The first kappa shape index (κ1) is 16.9. The fraction of sp³-hybridized carbons (Fsp3) is 0.733. The van der Waals surface area contributed by atoms with Gasteiger partial charge in [0.1, 0.15) is 4.90 Å². The number of sulfonamides is 1. The van der Waals surface area contributed by atoms with Crippen LogP contribution in [0.3, 0.4) is 0 Å². The minimum Gasteiger partial charge on any atom is -0.315 e. The Bertz CT molecular complexity index is 564. The summed E-state index contributed by atoms with van der Waals surface area (Å²) in [7, 11) is -1.52. The zero-order chi connectivity index (χ0) is 15.5. The molecule has 0 aliphatic carbocycles. The van der Waals surface area contributed by atoms with Crippen LogP contribution in [-0.2, 0) is 16.6 Å². The molecule has 4 nitrogen and oxygen atoms in total. The van der Waals surface area contributed by atoms with Crippen molar-refractivity contribution >= 4 is 21.4 Å². The minimum absolute atomic E-state index is 0.176. The third-order valence-corrected chi connectivity index (χ3v) is 7.50. The minimum atomic E-state index is -3.37. The number of hydrogen-bond donors (Lipinski definition) is 1. The normalized spacial score (nSPS) is 20.8. The van der Waals surface area contributed by atoms with E-state index in [2.05, 4.69) is 12.2 Å². The van der Waals surface area contributed by atoms with Crippen LogP contribution in [0.15, 0.2) is 10.3 Å². The zero-order valence-corrected chi connectivity index (χ0v) is 14.8. The third kappa shape index (κ3) is 3.50. The van der Waals surface area contributed by atoms with Gasteiger partial charge in [-0.3, -0.25) is 0 Å². The number of nitrogens with one attached hydrogen (secondary N) is 1. The number of aryl methyl sites for hydroxylation is 1. The standard InChI is InChI=1S/C15H26N2O2S2/c1-4-7-13-8-5-6-9-17(13)21(18,19)15-12(2)11-20-14(15)10-16-3/h11,13,16H,4-10H2,1-3H3. The SMILES string of the molecule is CCCC1CCCCN1S(=O)(=O)c1c(C)csc1CNC. The summed E-state index contributed by atoms with van der Waals surface area (Å²) in [5.41, 5.74) is 0.881. The van der Waals surface area contributed by atoms with Crippen molar-refractivity contribution < 1.29 is 8.42 Å². The number of piperidine rings is 1. The Hall–Kier alpha value is -0.430. The summed E-state index contributed by atoms with van der Waals surface area (Å²) in [6, 6.07) is 0.176. The van der Waals surface area contributed by atoms with E-state index < -0.39 is 10.0 Å². The first-order valence-electron chi connectivity index (χ1n) is 7.75. The van der Waals surface area contributed by atoms with Crippen molar-refractivity contribution in [3.8, 4) is 0 Å². The zero-order valence-electron chi connectivity index (χ0n) is 13.2. The van der Waals surface area contributed by atoms with Gasteiger partial charge in [0.25, 0.3) is 0 Å². The molecule has 6 heteroatoms. The molecule has 0 radical (unpaired) electrons. The fourth-order valence-electron chi connectivity index (χ4n) is 3.15. The van der Waals surface area contributed by atoms with Gasteiger partial charge in [-0.1, -0.05) is 19.8 Å². The van der Waals surface area contributed by atoms with Gasteiger partial charge in [0.15, 0.2) is 0 Å². The molecule has 1 aromatic rings. The van der Waals surface area contributed by atoms with Crippen LogP contribution in [0.25, 0.3) is 0 Å². The number of rotatable bonds is 6. The molecule has 1 fully saturated rings. The van der Waals surface area contributed by atoms with Crippen LogP contribution in [-0.4, -0.2) is 32.4 Å². The van der Waals surface area contributed by atoms with Crippen LogP contribution < -0.4 is 5.32 Å². The van der Waals surface area contributed by atoms with Gasteiger partial charge in [-0.05, 0) is 44.2 Å². The second-order valence-electron chi connectivity index (χ2n) is 5.76. The van der Waals surface area contributed by atoms with Crippen molar-refractivity contribution in [2.24, 2.45) is 0 Å². The topological polar surface area (TPSA) is 49.4 Å². The third-order valence-electron chi connectivity index (χ3n) is 4.09. The van der Waals surface area contributed by atoms with E-state index in [1.165, 1.54) is 11.3 Å². The van der Waals surface area contributed by atoms with E-state index in [9.17, 15) is 8.42 Å². The predicted octanol–water partition coefficient (Wildman–Crippen LogP) is 3.12. The largest absolute Gasteiger partial charge is 0.315 e. The van der Waals surface area contributed by atoms with E-state index in [0.717, 1.165) is 42.5 Å². The summed E-state index contributed by atoms with van der Waals surface area (Å²) in [6.07, 6.45) is 5.11. The molecule has 1 atom stereocenters. The number of nitrogens with zero attached hydrogens (tertiary/aromatic N) is 1. The first-order chi connectivity index (χ1) is 10.0. The lowest BCUT2D eigenvalue weighted by molar-refractivity contribution is 0.239. The molecule has 0 aromatic carbocycles. The molecule has 1 saturated heterocycles. The van der Waals surface area contributed by atoms with Crippen LogP contribution in [0.1, 0.15) is 49.5 Å². The van der Waals surface area contributed by atoms with Gasteiger partial charge in [0.05, 0.1) is 0 Å². The van der Waals surface area contributed by atoms with Crippen molar-refractivity contribution in [3.63, 3.8) is 0 Å². The molecule has 1 unspecified atom stereocenters. The van der Waals surface area contributed by atoms with E-state index in [4.69, 9.17) is 0 Å². The van der Waals surface area contributed by atoms with Crippen molar-refractivity contribution in [1.82, 2.24) is 9.62 Å². The Morgan fingerprint density at radius 3 is 2.86 bits per heavy atom. The molecular formula is C15H26N2O2S2. The predicted molar refractivity (Wildman–Crippen MR) is 88.3 cm³/mol. The highest BCUT2D eigenvalue weighted by atomic mass is 32.2. The number of thiophene rings is 1. The maximum atomic E-state index is 13.2. The lowest BCUT2D eigenvalue weighted by Gasteiger charge is -2.35. The smallest absolute Gasteiger partial charge is 0.244 e. The molecule has 21 heavy (non-hydrogen) atoms. The van der Waals surface area contributed by atoms with Gasteiger partial charge in [0.2, 0.25) is 10.0 Å². The summed E-state index contributed by atoms with van der Waals surface area (Å²) < 4.78 is 28.1. The van der Waals surface area contributed by atoms with Gasteiger partial charge in [0, 0.05) is 24.0 Å². The van der Waals surface area contributed by atoms with Gasteiger partial charge >= 0.3 is 0 Å². The summed E-state index contributed by atoms with van der Waals surface area (Å²) in [6.45, 7) is 5.31. The Morgan fingerprint density at radius 1 is 1.43 bits per heavy atom. The van der Waals surface area contributed by atoms with Gasteiger partial charge in [-0.2, -0.15) is 4.31 Å². The van der Waals surface area contributed by atoms with E-state index in [1.54, 1.807) is 4.31 Å². The quantitative estimate of drug-likeness (QED) is 0.872. The molecule has 2 heterocycles. The van der Waals surface area contributed by atoms with Crippen molar-refractivity contribution in [2.45, 2.75) is 63.4 Å². The average Bonchev–Trinajstić information content (AvgIpc) is 2.82. The van der Waals surface area contributed by atoms with E-state index >= 15 is 0 Å². The molecule has 0 amide bonds. The molecule has 1 aliphatic heterocycles. The van der Waals surface area contributed by atoms with Crippen LogP contribution >= 0.6 is 11.3 Å². The molecule has 1 N–H and O–H groups in total. The van der Waals surface area contributed by atoms with E-state index in [1.807, 2.05) is 19.4 Å². The van der Waals surface area contributed by atoms with Crippen LogP contribution in [0, 0.1) is 6.92 Å². The van der Waals surface area contributed by atoms with Gasteiger partial charge in [-0.25, -0.2) is 8.42 Å². The summed E-state index contributed by atoms with van der Waals surface area (Å²) >= 11 is 1.54. The van der Waals surface area contributed by atoms with E-state index in [-0.39, 0.29) is 6.04 Å². The van der Waals surface area contributed by atoms with Crippen molar-refractivity contribution in [1.29, 1.82) is 0 Å². The molecule has 0 bridgehead atoms. The maximum Gasteiger partial charge on any atom is 0.244 e. The van der Waals surface area contributed by atoms with Crippen molar-refractivity contribution in [2.75, 3.05) is 13.6 Å². The monoisotopic (exact) mass is 330 g/mol. The first-order valence-corrected chi connectivity index (χ1v) is 10.1. The van der Waals surface area contributed by atoms with Crippen LogP contribution in [0.2, 0.25) is 0 Å². The summed E-state index contributed by atoms with van der Waals surface area (Å²) in [5, 5.41) is 5.03. The van der Waals surface area contributed by atoms with Crippen LogP contribution in [0.4, 0.5) is 0 Å². The average molecular weight is 331 g/mol. The van der Waals surface area contributed by atoms with Crippen molar-refractivity contribution in [3.05, 3.63) is 15.8 Å². The molecule has 0 spiro atoms. The highest BCUT2D eigenvalue weighted by molar-refractivity contribution is 7.89. The molecule has 1 aromatic heterocycles. The molecule has 120 valence electrons. The Labute approximate surface area is 132 Å². The number of hydrogen-bond acceptors (Lipinski definition) is 4. The second kappa shape index (κ2) is 7.22. The second-order valence-corrected chi connectivity index (χ2v) is 8.55. The maximum absolute atomic E-state index is 13.2. The van der Waals surface area contributed by atoms with Crippen LogP contribution in [0.5, 0.6) is 0 Å². The Balaban J connectivity index is 2.38. The highest BCUT2D eigenvalue weighted by Crippen LogP contribution is 2.33. The van der Waals surface area contributed by atoms with Gasteiger partial charge in [-0.15, -0.1) is 11.3 Å². The molecular weight excluding hydrogens is 304 g/mol. The Kier molecular flexibility index (Phi) is 5.82. The molecule has 2 rings (SSSR count). The fourth-order valence-corrected chi connectivity index (χ4v) is 6.65. The Morgan fingerprint density at radius 2 is 2.19 bits per heavy atom. The lowest BCUT2D eigenvalue weighted by atomic mass is 10.0. The van der Waals surface area contributed by atoms with Gasteiger partial charge < -0.3 is 5.32 Å². The summed E-state index contributed by atoms with van der Waals surface area (Å²) in [4.78, 5) is 1.47. The molecule has 1 aliphatic rings. The van der Waals surface area contributed by atoms with E-state index in [0.29, 0.717) is 18.0 Å². The summed E-state index contributed by atoms with van der Waals surface area (Å²) in [5.74, 6) is 0.